The Labute approximate surface area is 158 Å². The van der Waals surface area contributed by atoms with E-state index in [1.54, 1.807) is 12.1 Å². The van der Waals surface area contributed by atoms with Crippen molar-refractivity contribution in [2.75, 3.05) is 5.73 Å². The first-order chi connectivity index (χ1) is 13.5. The number of amides is 1. The van der Waals surface area contributed by atoms with Crippen molar-refractivity contribution in [2.45, 2.75) is 13.1 Å². The Balaban J connectivity index is 1.53. The van der Waals surface area contributed by atoms with Gasteiger partial charge in [0.1, 0.15) is 11.5 Å². The van der Waals surface area contributed by atoms with Crippen LogP contribution >= 0.6 is 0 Å². The summed E-state index contributed by atoms with van der Waals surface area (Å²) in [5, 5.41) is 0. The summed E-state index contributed by atoms with van der Waals surface area (Å²) in [6.07, 6.45) is 2.13. The van der Waals surface area contributed by atoms with Crippen LogP contribution in [0, 0.1) is 11.6 Å². The standard InChI is InChI=1S/C19H14F2N4O3/c20-14-2-1-6-24-18(14)27-13-4-3-11-9-25(19(26)28-15(11)8-13)10-12-5-7-23-17(22)16(12)21/h1-8H,9-10H2,(H2,22,23). The lowest BCUT2D eigenvalue weighted by atomic mass is 10.1. The van der Waals surface area contributed by atoms with E-state index in [-0.39, 0.29) is 41.8 Å². The SMILES string of the molecule is Nc1nccc(CN2Cc3ccc(Oc4ncccc4F)cc3OC2=O)c1F. The molecule has 0 atom stereocenters. The first-order valence-electron chi connectivity index (χ1n) is 8.28. The number of ether oxygens (including phenoxy) is 2. The normalized spacial score (nSPS) is 13.1. The summed E-state index contributed by atoms with van der Waals surface area (Å²) in [5.74, 6) is -1.14. The number of nitrogens with zero attached hydrogens (tertiary/aromatic N) is 3. The van der Waals surface area contributed by atoms with E-state index in [9.17, 15) is 13.6 Å². The molecule has 3 heterocycles. The zero-order valence-electron chi connectivity index (χ0n) is 14.4. The van der Waals surface area contributed by atoms with E-state index in [1.807, 2.05) is 0 Å². The van der Waals surface area contributed by atoms with Crippen molar-refractivity contribution in [1.82, 2.24) is 14.9 Å². The van der Waals surface area contributed by atoms with E-state index in [2.05, 4.69) is 9.97 Å². The van der Waals surface area contributed by atoms with Crippen molar-refractivity contribution in [3.63, 3.8) is 0 Å². The number of hydrogen-bond donors (Lipinski definition) is 1. The third kappa shape index (κ3) is 3.41. The van der Waals surface area contributed by atoms with Crippen LogP contribution in [0.5, 0.6) is 17.4 Å². The van der Waals surface area contributed by atoms with Gasteiger partial charge in [0.2, 0.25) is 0 Å². The maximum atomic E-state index is 14.1. The number of benzene rings is 1. The van der Waals surface area contributed by atoms with Gasteiger partial charge >= 0.3 is 6.09 Å². The summed E-state index contributed by atoms with van der Waals surface area (Å²) in [7, 11) is 0. The van der Waals surface area contributed by atoms with Gasteiger partial charge < -0.3 is 15.2 Å². The van der Waals surface area contributed by atoms with Crippen LogP contribution in [0.15, 0.2) is 48.8 Å². The lowest BCUT2D eigenvalue weighted by Crippen LogP contribution is -2.36. The molecule has 7 nitrogen and oxygen atoms in total. The Kier molecular flexibility index (Phi) is 4.48. The Morgan fingerprint density at radius 3 is 2.86 bits per heavy atom. The zero-order valence-corrected chi connectivity index (χ0v) is 14.4. The van der Waals surface area contributed by atoms with Crippen molar-refractivity contribution in [1.29, 1.82) is 0 Å². The third-order valence-electron chi connectivity index (χ3n) is 4.15. The minimum atomic E-state index is -0.665. The molecule has 9 heteroatoms. The fraction of sp³-hybridized carbons (Fsp3) is 0.105. The highest BCUT2D eigenvalue weighted by Gasteiger charge is 2.26. The number of anilines is 1. The third-order valence-corrected chi connectivity index (χ3v) is 4.15. The van der Waals surface area contributed by atoms with Gasteiger partial charge in [-0.1, -0.05) is 0 Å². The van der Waals surface area contributed by atoms with Crippen LogP contribution in [0.4, 0.5) is 19.4 Å². The van der Waals surface area contributed by atoms with E-state index in [0.29, 0.717) is 5.56 Å². The number of halogens is 2. The Hall–Kier alpha value is -3.75. The predicted octanol–water partition coefficient (Wildman–Crippen LogP) is 3.64. The van der Waals surface area contributed by atoms with Gasteiger partial charge in [0.25, 0.3) is 5.88 Å². The monoisotopic (exact) mass is 384 g/mol. The predicted molar refractivity (Wildman–Crippen MR) is 94.6 cm³/mol. The number of fused-ring (bicyclic) bond motifs is 1. The molecule has 28 heavy (non-hydrogen) atoms. The number of carbonyl (C=O) groups excluding carboxylic acids is 1. The topological polar surface area (TPSA) is 90.6 Å². The maximum absolute atomic E-state index is 14.1. The number of nitrogens with two attached hydrogens (primary N) is 1. The number of nitrogen functional groups attached to an aromatic ring is 1. The van der Waals surface area contributed by atoms with Crippen LogP contribution < -0.4 is 15.2 Å². The Morgan fingerprint density at radius 2 is 2.04 bits per heavy atom. The average Bonchev–Trinajstić information content (AvgIpc) is 2.68. The molecule has 0 aliphatic carbocycles. The van der Waals surface area contributed by atoms with Gasteiger partial charge in [-0.25, -0.2) is 23.5 Å². The van der Waals surface area contributed by atoms with E-state index >= 15 is 0 Å². The fourth-order valence-electron chi connectivity index (χ4n) is 2.76. The number of aromatic nitrogens is 2. The van der Waals surface area contributed by atoms with Gasteiger partial charge in [-0.05, 0) is 30.3 Å². The highest BCUT2D eigenvalue weighted by Crippen LogP contribution is 2.33. The molecule has 0 unspecified atom stereocenters. The molecule has 1 aliphatic rings. The van der Waals surface area contributed by atoms with E-state index < -0.39 is 17.7 Å². The van der Waals surface area contributed by atoms with Crippen LogP contribution in [0.1, 0.15) is 11.1 Å². The fourth-order valence-corrected chi connectivity index (χ4v) is 2.76. The number of carbonyl (C=O) groups is 1. The minimum Gasteiger partial charge on any atom is -0.436 e. The van der Waals surface area contributed by atoms with Crippen LogP contribution in [-0.4, -0.2) is 21.0 Å². The van der Waals surface area contributed by atoms with Gasteiger partial charge in [0.05, 0.1) is 13.1 Å². The highest BCUT2D eigenvalue weighted by atomic mass is 19.1. The first-order valence-corrected chi connectivity index (χ1v) is 8.28. The molecule has 0 saturated carbocycles. The smallest absolute Gasteiger partial charge is 0.415 e. The summed E-state index contributed by atoms with van der Waals surface area (Å²) in [4.78, 5) is 21.1. The lowest BCUT2D eigenvalue weighted by Gasteiger charge is -2.28. The minimum absolute atomic E-state index is 0.0196. The molecule has 0 spiro atoms. The molecule has 1 amide bonds. The summed E-state index contributed by atoms with van der Waals surface area (Å²) in [5.41, 5.74) is 6.39. The average molecular weight is 384 g/mol. The van der Waals surface area contributed by atoms with Crippen LogP contribution in [0.25, 0.3) is 0 Å². The summed E-state index contributed by atoms with van der Waals surface area (Å²) in [6, 6.07) is 8.89. The second-order valence-electron chi connectivity index (χ2n) is 6.06. The van der Waals surface area contributed by atoms with Crippen molar-refractivity contribution >= 4 is 11.9 Å². The molecule has 0 fully saturated rings. The second-order valence-corrected chi connectivity index (χ2v) is 6.06. The lowest BCUT2D eigenvalue weighted by molar-refractivity contribution is 0.134. The van der Waals surface area contributed by atoms with Gasteiger partial charge in [-0.2, -0.15) is 0 Å². The number of rotatable bonds is 4. The van der Waals surface area contributed by atoms with Crippen molar-refractivity contribution in [3.8, 4) is 17.4 Å². The quantitative estimate of drug-likeness (QED) is 0.739. The van der Waals surface area contributed by atoms with Crippen molar-refractivity contribution < 1.29 is 23.0 Å². The summed E-state index contributed by atoms with van der Waals surface area (Å²) in [6.45, 7) is 0.183. The zero-order chi connectivity index (χ0) is 19.7. The maximum Gasteiger partial charge on any atom is 0.415 e. The van der Waals surface area contributed by atoms with Gasteiger partial charge in [-0.3, -0.25) is 4.90 Å². The van der Waals surface area contributed by atoms with Gasteiger partial charge in [0, 0.05) is 29.6 Å². The first kappa shape index (κ1) is 17.7. The van der Waals surface area contributed by atoms with Gasteiger partial charge in [0.15, 0.2) is 17.5 Å². The summed E-state index contributed by atoms with van der Waals surface area (Å²) >= 11 is 0. The molecule has 2 aromatic heterocycles. The molecule has 0 radical (unpaired) electrons. The van der Waals surface area contributed by atoms with E-state index in [1.165, 1.54) is 41.6 Å². The van der Waals surface area contributed by atoms with Gasteiger partial charge in [-0.15, -0.1) is 0 Å². The molecular formula is C19H14F2N4O3. The van der Waals surface area contributed by atoms with Crippen molar-refractivity contribution in [3.05, 3.63) is 71.6 Å². The molecule has 4 rings (SSSR count). The molecular weight excluding hydrogens is 370 g/mol. The van der Waals surface area contributed by atoms with E-state index in [4.69, 9.17) is 15.2 Å². The highest BCUT2D eigenvalue weighted by molar-refractivity contribution is 5.73. The molecule has 0 saturated heterocycles. The molecule has 142 valence electrons. The van der Waals surface area contributed by atoms with Crippen LogP contribution in [-0.2, 0) is 13.1 Å². The second kappa shape index (κ2) is 7.10. The van der Waals surface area contributed by atoms with Crippen LogP contribution in [0.2, 0.25) is 0 Å². The van der Waals surface area contributed by atoms with Crippen molar-refractivity contribution in [2.24, 2.45) is 0 Å². The molecule has 1 aromatic carbocycles. The molecule has 2 N–H and O–H groups in total. The molecule has 0 bridgehead atoms. The molecule has 3 aromatic rings. The largest absolute Gasteiger partial charge is 0.436 e. The molecule has 1 aliphatic heterocycles. The number of hydrogen-bond acceptors (Lipinski definition) is 6. The van der Waals surface area contributed by atoms with Crippen LogP contribution in [0.3, 0.4) is 0 Å². The Bertz CT molecular complexity index is 1060. The summed E-state index contributed by atoms with van der Waals surface area (Å²) < 4.78 is 38.4. The number of pyridine rings is 2. The Morgan fingerprint density at radius 1 is 1.18 bits per heavy atom. The van der Waals surface area contributed by atoms with E-state index in [0.717, 1.165) is 0 Å².